The standard InChI is InChI=1S/C26H15ClN2OS/c27-22-13-20(14-24-25(22)29-26(31-24)21-3-1-2-4-23(21)30)19-11-9-18(10-12-19)17-7-5-16(15-28)6-8-17/h1-14,30H. The third-order valence-corrected chi connectivity index (χ3v) is 6.47. The van der Waals surface area contributed by atoms with Crippen LogP contribution in [0.2, 0.25) is 5.02 Å². The summed E-state index contributed by atoms with van der Waals surface area (Å²) in [6.07, 6.45) is 0. The van der Waals surface area contributed by atoms with Gasteiger partial charge in [0.15, 0.2) is 0 Å². The lowest BCUT2D eigenvalue weighted by Gasteiger charge is -2.06. The third-order valence-electron chi connectivity index (χ3n) is 5.15. The number of fused-ring (bicyclic) bond motifs is 1. The number of phenolic OH excluding ortho intramolecular Hbond substituents is 1. The Kier molecular flexibility index (Phi) is 4.91. The van der Waals surface area contributed by atoms with E-state index in [0.29, 0.717) is 16.1 Å². The van der Waals surface area contributed by atoms with Crippen LogP contribution >= 0.6 is 22.9 Å². The summed E-state index contributed by atoms with van der Waals surface area (Å²) in [6, 6.07) is 29.1. The van der Waals surface area contributed by atoms with Gasteiger partial charge in [-0.05, 0) is 58.7 Å². The van der Waals surface area contributed by atoms with Crippen molar-refractivity contribution in [2.24, 2.45) is 0 Å². The number of aromatic nitrogens is 1. The zero-order valence-electron chi connectivity index (χ0n) is 16.2. The Balaban J connectivity index is 1.51. The molecule has 148 valence electrons. The first-order valence-electron chi connectivity index (χ1n) is 9.62. The molecule has 0 aliphatic carbocycles. The number of rotatable bonds is 3. The van der Waals surface area contributed by atoms with E-state index >= 15 is 0 Å². The van der Waals surface area contributed by atoms with Crippen molar-refractivity contribution in [2.75, 3.05) is 0 Å². The van der Waals surface area contributed by atoms with Gasteiger partial charge in [-0.2, -0.15) is 5.26 Å². The zero-order chi connectivity index (χ0) is 21.4. The van der Waals surface area contributed by atoms with Crippen LogP contribution in [-0.2, 0) is 0 Å². The fourth-order valence-electron chi connectivity index (χ4n) is 3.52. The summed E-state index contributed by atoms with van der Waals surface area (Å²) < 4.78 is 0.969. The summed E-state index contributed by atoms with van der Waals surface area (Å²) in [5.74, 6) is 0.205. The highest BCUT2D eigenvalue weighted by Gasteiger charge is 2.14. The van der Waals surface area contributed by atoms with E-state index in [0.717, 1.165) is 37.5 Å². The predicted octanol–water partition coefficient (Wildman–Crippen LogP) is 7.53. The van der Waals surface area contributed by atoms with Crippen LogP contribution in [-0.4, -0.2) is 10.1 Å². The number of hydrogen-bond donors (Lipinski definition) is 1. The van der Waals surface area contributed by atoms with E-state index in [1.165, 1.54) is 11.3 Å². The Morgan fingerprint density at radius 2 is 1.42 bits per heavy atom. The minimum absolute atomic E-state index is 0.205. The minimum Gasteiger partial charge on any atom is -0.507 e. The van der Waals surface area contributed by atoms with Crippen LogP contribution in [0, 0.1) is 11.3 Å². The molecule has 1 N–H and O–H groups in total. The molecule has 1 aromatic heterocycles. The van der Waals surface area contributed by atoms with E-state index in [2.05, 4.69) is 41.4 Å². The molecule has 0 amide bonds. The SMILES string of the molecule is N#Cc1ccc(-c2ccc(-c3cc(Cl)c4nc(-c5ccccc5O)sc4c3)cc2)cc1. The number of nitriles is 1. The summed E-state index contributed by atoms with van der Waals surface area (Å²) >= 11 is 8.07. The fraction of sp³-hybridized carbons (Fsp3) is 0. The van der Waals surface area contributed by atoms with Crippen LogP contribution in [0.25, 0.3) is 43.0 Å². The van der Waals surface area contributed by atoms with Gasteiger partial charge in [0, 0.05) is 0 Å². The van der Waals surface area contributed by atoms with E-state index in [1.807, 2.05) is 42.5 Å². The van der Waals surface area contributed by atoms with Crippen LogP contribution in [0.5, 0.6) is 5.75 Å². The van der Waals surface area contributed by atoms with E-state index in [1.54, 1.807) is 12.1 Å². The monoisotopic (exact) mass is 438 g/mol. The summed E-state index contributed by atoms with van der Waals surface area (Å²) in [6.45, 7) is 0. The second-order valence-electron chi connectivity index (χ2n) is 7.11. The van der Waals surface area contributed by atoms with Gasteiger partial charge in [-0.1, -0.05) is 60.1 Å². The van der Waals surface area contributed by atoms with Crippen LogP contribution < -0.4 is 0 Å². The van der Waals surface area contributed by atoms with Crippen molar-refractivity contribution in [3.63, 3.8) is 0 Å². The molecule has 0 bridgehead atoms. The number of benzene rings is 4. The second-order valence-corrected chi connectivity index (χ2v) is 8.55. The molecule has 0 aliphatic rings. The molecule has 0 saturated carbocycles. The van der Waals surface area contributed by atoms with E-state index in [-0.39, 0.29) is 5.75 Å². The average molecular weight is 439 g/mol. The van der Waals surface area contributed by atoms with Crippen molar-refractivity contribution in [1.29, 1.82) is 5.26 Å². The van der Waals surface area contributed by atoms with Crippen LogP contribution in [0.1, 0.15) is 5.56 Å². The number of halogens is 1. The first kappa shape index (κ1) is 19.3. The highest BCUT2D eigenvalue weighted by Crippen LogP contribution is 2.39. The highest BCUT2D eigenvalue weighted by atomic mass is 35.5. The Hall–Kier alpha value is -3.65. The molecule has 0 radical (unpaired) electrons. The van der Waals surface area contributed by atoms with Crippen molar-refractivity contribution in [2.45, 2.75) is 0 Å². The summed E-state index contributed by atoms with van der Waals surface area (Å²) in [5, 5.41) is 20.4. The fourth-order valence-corrected chi connectivity index (χ4v) is 4.90. The van der Waals surface area contributed by atoms with Gasteiger partial charge in [0.2, 0.25) is 0 Å². The first-order chi connectivity index (χ1) is 15.1. The van der Waals surface area contributed by atoms with Crippen molar-refractivity contribution < 1.29 is 5.11 Å². The summed E-state index contributed by atoms with van der Waals surface area (Å²) in [7, 11) is 0. The number of phenols is 1. The van der Waals surface area contributed by atoms with Gasteiger partial charge < -0.3 is 5.11 Å². The van der Waals surface area contributed by atoms with Gasteiger partial charge >= 0.3 is 0 Å². The number of para-hydroxylation sites is 1. The largest absolute Gasteiger partial charge is 0.507 e. The van der Waals surface area contributed by atoms with Crippen molar-refractivity contribution >= 4 is 33.2 Å². The highest BCUT2D eigenvalue weighted by molar-refractivity contribution is 7.21. The smallest absolute Gasteiger partial charge is 0.128 e. The van der Waals surface area contributed by atoms with Crippen LogP contribution in [0.3, 0.4) is 0 Å². The molecule has 0 atom stereocenters. The van der Waals surface area contributed by atoms with Gasteiger partial charge in [0.05, 0.1) is 26.9 Å². The maximum Gasteiger partial charge on any atom is 0.128 e. The number of hydrogen-bond acceptors (Lipinski definition) is 4. The topological polar surface area (TPSA) is 56.9 Å². The molecule has 0 spiro atoms. The first-order valence-corrected chi connectivity index (χ1v) is 10.8. The summed E-state index contributed by atoms with van der Waals surface area (Å²) in [5.41, 5.74) is 6.30. The Morgan fingerprint density at radius 3 is 2.06 bits per heavy atom. The lowest BCUT2D eigenvalue weighted by molar-refractivity contribution is 0.477. The van der Waals surface area contributed by atoms with Gasteiger partial charge in [0.1, 0.15) is 16.3 Å². The van der Waals surface area contributed by atoms with Crippen molar-refractivity contribution in [1.82, 2.24) is 4.98 Å². The van der Waals surface area contributed by atoms with Gasteiger partial charge in [-0.15, -0.1) is 11.3 Å². The van der Waals surface area contributed by atoms with E-state index < -0.39 is 0 Å². The molecule has 1 heterocycles. The Labute approximate surface area is 188 Å². The molecule has 5 aromatic rings. The van der Waals surface area contributed by atoms with E-state index in [4.69, 9.17) is 16.9 Å². The lowest BCUT2D eigenvalue weighted by Crippen LogP contribution is -1.82. The van der Waals surface area contributed by atoms with E-state index in [9.17, 15) is 5.11 Å². The molecular formula is C26H15ClN2OS. The molecule has 0 aliphatic heterocycles. The zero-order valence-corrected chi connectivity index (χ0v) is 17.8. The maximum atomic E-state index is 10.2. The van der Waals surface area contributed by atoms with Gasteiger partial charge in [-0.25, -0.2) is 4.98 Å². The van der Waals surface area contributed by atoms with Crippen LogP contribution in [0.4, 0.5) is 0 Å². The molecule has 5 heteroatoms. The Morgan fingerprint density at radius 1 is 0.806 bits per heavy atom. The van der Waals surface area contributed by atoms with Crippen molar-refractivity contribution in [3.05, 3.63) is 95.5 Å². The molecule has 31 heavy (non-hydrogen) atoms. The minimum atomic E-state index is 0.205. The number of thiazole rings is 1. The molecule has 5 rings (SSSR count). The molecule has 3 nitrogen and oxygen atoms in total. The number of aromatic hydroxyl groups is 1. The molecular weight excluding hydrogens is 424 g/mol. The van der Waals surface area contributed by atoms with Crippen LogP contribution in [0.15, 0.2) is 84.9 Å². The molecule has 0 saturated heterocycles. The normalized spacial score (nSPS) is 10.8. The number of nitrogens with zero attached hydrogens (tertiary/aromatic N) is 2. The maximum absolute atomic E-state index is 10.2. The second kappa shape index (κ2) is 7.88. The third kappa shape index (κ3) is 3.66. The van der Waals surface area contributed by atoms with Gasteiger partial charge in [0.25, 0.3) is 0 Å². The average Bonchev–Trinajstić information content (AvgIpc) is 3.24. The van der Waals surface area contributed by atoms with Gasteiger partial charge in [-0.3, -0.25) is 0 Å². The molecule has 0 fully saturated rings. The predicted molar refractivity (Wildman–Crippen MR) is 127 cm³/mol. The summed E-state index contributed by atoms with van der Waals surface area (Å²) in [4.78, 5) is 4.65. The quantitative estimate of drug-likeness (QED) is 0.316. The molecule has 4 aromatic carbocycles. The lowest BCUT2D eigenvalue weighted by atomic mass is 9.99. The molecule has 0 unspecified atom stereocenters. The Bertz CT molecular complexity index is 1450. The van der Waals surface area contributed by atoms with Crippen molar-refractivity contribution in [3.8, 4) is 44.6 Å².